The average Bonchev–Trinajstić information content (AvgIpc) is 3.26. The van der Waals surface area contributed by atoms with Gasteiger partial charge in [-0.15, -0.1) is 0 Å². The van der Waals surface area contributed by atoms with Gasteiger partial charge >= 0.3 is 5.97 Å². The minimum atomic E-state index is -0.866. The number of hydrogen-bond acceptors (Lipinski definition) is 4. The fourth-order valence-electron chi connectivity index (χ4n) is 4.37. The summed E-state index contributed by atoms with van der Waals surface area (Å²) in [6.07, 6.45) is 4.62. The number of para-hydroxylation sites is 1. The van der Waals surface area contributed by atoms with E-state index in [9.17, 15) is 14.7 Å². The molecule has 2 fully saturated rings. The molecule has 27 heavy (non-hydrogen) atoms. The van der Waals surface area contributed by atoms with E-state index >= 15 is 0 Å². The van der Waals surface area contributed by atoms with E-state index in [-0.39, 0.29) is 5.91 Å². The summed E-state index contributed by atoms with van der Waals surface area (Å²) in [6.45, 7) is 3.22. The van der Waals surface area contributed by atoms with Crippen LogP contribution in [0.5, 0.6) is 0 Å². The summed E-state index contributed by atoms with van der Waals surface area (Å²) in [7, 11) is 0. The second kappa shape index (κ2) is 7.72. The van der Waals surface area contributed by atoms with Crippen LogP contribution >= 0.6 is 0 Å². The maximum absolute atomic E-state index is 11.9. The van der Waals surface area contributed by atoms with E-state index in [4.69, 9.17) is 4.42 Å². The predicted octanol–water partition coefficient (Wildman–Crippen LogP) is 3.28. The zero-order valence-corrected chi connectivity index (χ0v) is 15.5. The van der Waals surface area contributed by atoms with Crippen molar-refractivity contribution in [3.05, 3.63) is 36.1 Å². The van der Waals surface area contributed by atoms with Gasteiger partial charge in [0.15, 0.2) is 6.04 Å². The average molecular weight is 370 g/mol. The highest BCUT2D eigenvalue weighted by Crippen LogP contribution is 2.32. The van der Waals surface area contributed by atoms with Gasteiger partial charge in [-0.3, -0.25) is 14.5 Å². The molecule has 4 rings (SSSR count). The Balaban J connectivity index is 1.37. The molecule has 1 aromatic heterocycles. The molecule has 0 saturated carbocycles. The Labute approximate surface area is 158 Å². The molecule has 2 aliphatic rings. The minimum Gasteiger partial charge on any atom is -0.480 e. The molecule has 0 radical (unpaired) electrons. The van der Waals surface area contributed by atoms with Crippen LogP contribution in [-0.2, 0) is 9.59 Å². The third-order valence-electron chi connectivity index (χ3n) is 5.94. The van der Waals surface area contributed by atoms with E-state index < -0.39 is 12.0 Å². The predicted molar refractivity (Wildman–Crippen MR) is 101 cm³/mol. The van der Waals surface area contributed by atoms with E-state index in [0.717, 1.165) is 62.8 Å². The summed E-state index contributed by atoms with van der Waals surface area (Å²) in [5.41, 5.74) is 0.726. The zero-order valence-electron chi connectivity index (χ0n) is 15.5. The monoisotopic (exact) mass is 370 g/mol. The minimum absolute atomic E-state index is 0.281. The van der Waals surface area contributed by atoms with Crippen LogP contribution in [0.25, 0.3) is 11.0 Å². The lowest BCUT2D eigenvalue weighted by molar-refractivity contribution is -0.145. The number of likely N-dealkylation sites (tertiary alicyclic amines) is 2. The Morgan fingerprint density at radius 1 is 1.22 bits per heavy atom. The Bertz CT molecular complexity index is 789. The van der Waals surface area contributed by atoms with Crippen LogP contribution in [0.15, 0.2) is 34.7 Å². The van der Waals surface area contributed by atoms with Crippen molar-refractivity contribution in [1.82, 2.24) is 9.80 Å². The fraction of sp³-hybridized carbons (Fsp3) is 0.524. The van der Waals surface area contributed by atoms with E-state index in [0.29, 0.717) is 18.1 Å². The number of fused-ring (bicyclic) bond motifs is 1. The quantitative estimate of drug-likeness (QED) is 0.845. The van der Waals surface area contributed by atoms with E-state index in [1.165, 1.54) is 0 Å². The molecule has 2 aromatic rings. The highest BCUT2D eigenvalue weighted by molar-refractivity contribution is 5.81. The molecular formula is C21H26N2O4. The number of carbonyl (C=O) groups is 2. The zero-order chi connectivity index (χ0) is 18.8. The molecule has 0 unspecified atom stereocenters. The van der Waals surface area contributed by atoms with Crippen LogP contribution < -0.4 is 0 Å². The largest absolute Gasteiger partial charge is 0.480 e. The number of carbonyl (C=O) groups excluding carboxylic acids is 1. The molecule has 2 saturated heterocycles. The summed E-state index contributed by atoms with van der Waals surface area (Å²) in [4.78, 5) is 27.7. The Hall–Kier alpha value is -2.34. The number of carboxylic acid groups (broad SMARTS) is 1. The van der Waals surface area contributed by atoms with Crippen molar-refractivity contribution in [3.8, 4) is 0 Å². The maximum atomic E-state index is 11.9. The summed E-state index contributed by atoms with van der Waals surface area (Å²) >= 11 is 0. The first-order valence-corrected chi connectivity index (χ1v) is 9.85. The molecule has 1 aromatic carbocycles. The van der Waals surface area contributed by atoms with Crippen molar-refractivity contribution in [3.63, 3.8) is 0 Å². The van der Waals surface area contributed by atoms with Crippen LogP contribution in [0, 0.1) is 5.92 Å². The number of aliphatic carboxylic acids is 1. The van der Waals surface area contributed by atoms with Gasteiger partial charge in [-0.2, -0.15) is 0 Å². The topological polar surface area (TPSA) is 74.0 Å². The second-order valence-corrected chi connectivity index (χ2v) is 7.68. The molecule has 1 atom stereocenters. The molecule has 1 N–H and O–H groups in total. The van der Waals surface area contributed by atoms with Crippen molar-refractivity contribution in [2.75, 3.05) is 26.2 Å². The lowest BCUT2D eigenvalue weighted by atomic mass is 9.92. The number of piperidine rings is 1. The third kappa shape index (κ3) is 3.86. The van der Waals surface area contributed by atoms with E-state index in [1.54, 1.807) is 0 Å². The highest BCUT2D eigenvalue weighted by Gasteiger charge is 2.33. The van der Waals surface area contributed by atoms with Crippen molar-refractivity contribution < 1.29 is 19.1 Å². The third-order valence-corrected chi connectivity index (χ3v) is 5.94. The SMILES string of the molecule is O=C(O)[C@@H](c1cc2ccccc2o1)N1CCC(CCN2CCCC2=O)CC1. The highest BCUT2D eigenvalue weighted by atomic mass is 16.4. The normalized spacial score (nSPS) is 20.4. The van der Waals surface area contributed by atoms with Crippen LogP contribution in [0.4, 0.5) is 0 Å². The number of carboxylic acids is 1. The van der Waals surface area contributed by atoms with E-state index in [1.807, 2.05) is 40.1 Å². The van der Waals surface area contributed by atoms with Gasteiger partial charge in [0.05, 0.1) is 0 Å². The first-order valence-electron chi connectivity index (χ1n) is 9.85. The van der Waals surface area contributed by atoms with E-state index in [2.05, 4.69) is 0 Å². The number of benzene rings is 1. The lowest BCUT2D eigenvalue weighted by Gasteiger charge is -2.35. The second-order valence-electron chi connectivity index (χ2n) is 7.68. The molecule has 0 bridgehead atoms. The van der Waals surface area contributed by atoms with Crippen molar-refractivity contribution in [2.24, 2.45) is 5.92 Å². The van der Waals surface area contributed by atoms with Gasteiger partial charge in [0.1, 0.15) is 11.3 Å². The molecule has 2 aliphatic heterocycles. The molecule has 6 nitrogen and oxygen atoms in total. The Morgan fingerprint density at radius 3 is 2.67 bits per heavy atom. The lowest BCUT2D eigenvalue weighted by Crippen LogP contribution is -2.40. The van der Waals surface area contributed by atoms with Crippen LogP contribution in [-0.4, -0.2) is 53.0 Å². The first-order chi connectivity index (χ1) is 13.1. The molecule has 6 heteroatoms. The van der Waals surface area contributed by atoms with Gasteiger partial charge in [-0.25, -0.2) is 0 Å². The van der Waals surface area contributed by atoms with Crippen LogP contribution in [0.2, 0.25) is 0 Å². The van der Waals surface area contributed by atoms with Crippen molar-refractivity contribution in [1.29, 1.82) is 0 Å². The van der Waals surface area contributed by atoms with Crippen molar-refractivity contribution >= 4 is 22.8 Å². The van der Waals surface area contributed by atoms with Gasteiger partial charge in [0.2, 0.25) is 5.91 Å². The summed E-state index contributed by atoms with van der Waals surface area (Å²) in [5.74, 6) is 0.475. The number of hydrogen-bond donors (Lipinski definition) is 1. The number of amides is 1. The summed E-state index contributed by atoms with van der Waals surface area (Å²) in [6, 6.07) is 8.73. The Kier molecular flexibility index (Phi) is 5.16. The smallest absolute Gasteiger partial charge is 0.328 e. The Morgan fingerprint density at radius 2 is 2.00 bits per heavy atom. The van der Waals surface area contributed by atoms with Gasteiger partial charge < -0.3 is 14.4 Å². The molecule has 3 heterocycles. The molecule has 0 spiro atoms. The molecule has 0 aliphatic carbocycles. The molecule has 1 amide bonds. The number of furan rings is 1. The summed E-state index contributed by atoms with van der Waals surface area (Å²) < 4.78 is 5.83. The fourth-order valence-corrected chi connectivity index (χ4v) is 4.37. The van der Waals surface area contributed by atoms with Crippen LogP contribution in [0.1, 0.15) is 43.9 Å². The number of nitrogens with zero attached hydrogens (tertiary/aromatic N) is 2. The van der Waals surface area contributed by atoms with Gasteiger partial charge in [0, 0.05) is 24.9 Å². The standard InChI is InChI=1S/C21H26N2O4/c24-19-6-3-10-22(19)11-7-15-8-12-23(13-9-15)20(21(25)26)18-14-16-4-1-2-5-17(16)27-18/h1-2,4-5,14-15,20H,3,6-13H2,(H,25,26)/t20-/m1/s1. The first kappa shape index (κ1) is 18.0. The van der Waals surface area contributed by atoms with Gasteiger partial charge in [-0.1, -0.05) is 18.2 Å². The maximum Gasteiger partial charge on any atom is 0.328 e. The molecular weight excluding hydrogens is 344 g/mol. The number of rotatable bonds is 6. The van der Waals surface area contributed by atoms with Crippen molar-refractivity contribution in [2.45, 2.75) is 38.1 Å². The van der Waals surface area contributed by atoms with Gasteiger partial charge in [-0.05, 0) is 56.8 Å². The summed E-state index contributed by atoms with van der Waals surface area (Å²) in [5, 5.41) is 10.7. The van der Waals surface area contributed by atoms with Crippen LogP contribution in [0.3, 0.4) is 0 Å². The van der Waals surface area contributed by atoms with Gasteiger partial charge in [0.25, 0.3) is 0 Å². The molecule has 144 valence electrons.